The van der Waals surface area contributed by atoms with Gasteiger partial charge in [-0.2, -0.15) is 0 Å². The van der Waals surface area contributed by atoms with Gasteiger partial charge in [-0.05, 0) is 37.0 Å². The van der Waals surface area contributed by atoms with E-state index in [1.807, 2.05) is 29.2 Å². The zero-order valence-electron chi connectivity index (χ0n) is 12.5. The highest BCUT2D eigenvalue weighted by Gasteiger charge is 2.25. The van der Waals surface area contributed by atoms with Crippen molar-refractivity contribution in [2.24, 2.45) is 5.92 Å². The minimum Gasteiger partial charge on any atom is -0.399 e. The van der Waals surface area contributed by atoms with Gasteiger partial charge >= 0.3 is 0 Å². The number of amides is 1. The van der Waals surface area contributed by atoms with Crippen LogP contribution in [0.25, 0.3) is 0 Å². The number of nitrogens with two attached hydrogens (primary N) is 1. The molecule has 0 saturated heterocycles. The Morgan fingerprint density at radius 3 is 2.70 bits per heavy atom. The third kappa shape index (κ3) is 3.99. The molecule has 2 rings (SSSR count). The van der Waals surface area contributed by atoms with Gasteiger partial charge in [-0.1, -0.05) is 38.3 Å². The quantitative estimate of drug-likeness (QED) is 0.834. The highest BCUT2D eigenvalue weighted by Crippen LogP contribution is 2.26. The van der Waals surface area contributed by atoms with E-state index in [-0.39, 0.29) is 5.92 Å². The van der Waals surface area contributed by atoms with Gasteiger partial charge in [0.15, 0.2) is 0 Å². The summed E-state index contributed by atoms with van der Waals surface area (Å²) < 4.78 is 0. The lowest BCUT2D eigenvalue weighted by Crippen LogP contribution is -2.37. The van der Waals surface area contributed by atoms with E-state index < -0.39 is 0 Å². The molecule has 1 aliphatic carbocycles. The largest absolute Gasteiger partial charge is 0.399 e. The summed E-state index contributed by atoms with van der Waals surface area (Å²) in [5.41, 5.74) is 7.72. The lowest BCUT2D eigenvalue weighted by atomic mass is 9.88. The Morgan fingerprint density at radius 1 is 1.30 bits per heavy atom. The van der Waals surface area contributed by atoms with Crippen LogP contribution in [0.1, 0.15) is 51.0 Å². The molecule has 1 aromatic rings. The number of carbonyl (C=O) groups excluding carboxylic acids is 1. The first-order valence-electron chi connectivity index (χ1n) is 7.84. The van der Waals surface area contributed by atoms with Crippen molar-refractivity contribution in [3.63, 3.8) is 0 Å². The third-order valence-electron chi connectivity index (χ3n) is 4.08. The first kappa shape index (κ1) is 14.9. The predicted molar refractivity (Wildman–Crippen MR) is 83.1 cm³/mol. The molecule has 1 aliphatic rings. The van der Waals surface area contributed by atoms with Crippen molar-refractivity contribution in [2.75, 3.05) is 12.3 Å². The Hall–Kier alpha value is -1.51. The monoisotopic (exact) mass is 274 g/mol. The zero-order chi connectivity index (χ0) is 14.4. The van der Waals surface area contributed by atoms with Crippen molar-refractivity contribution < 1.29 is 4.79 Å². The van der Waals surface area contributed by atoms with Gasteiger partial charge in [-0.3, -0.25) is 4.79 Å². The molecule has 0 heterocycles. The number of anilines is 1. The number of nitrogen functional groups attached to an aromatic ring is 1. The summed E-state index contributed by atoms with van der Waals surface area (Å²) in [6, 6.07) is 7.86. The molecule has 3 heteroatoms. The molecule has 2 N–H and O–H groups in total. The maximum Gasteiger partial charge on any atom is 0.225 e. The summed E-state index contributed by atoms with van der Waals surface area (Å²) in [5.74, 6) is 0.588. The van der Waals surface area contributed by atoms with Crippen molar-refractivity contribution >= 4 is 11.6 Å². The van der Waals surface area contributed by atoms with Gasteiger partial charge in [0.05, 0.1) is 0 Å². The minimum atomic E-state index is 0.247. The van der Waals surface area contributed by atoms with E-state index >= 15 is 0 Å². The molecule has 0 aliphatic heterocycles. The second kappa shape index (κ2) is 7.32. The molecule has 0 unspecified atom stereocenters. The number of nitrogens with zero attached hydrogens (tertiary/aromatic N) is 1. The maximum absolute atomic E-state index is 12.7. The summed E-state index contributed by atoms with van der Waals surface area (Å²) in [4.78, 5) is 14.7. The molecule has 0 aromatic heterocycles. The van der Waals surface area contributed by atoms with Crippen molar-refractivity contribution in [1.82, 2.24) is 4.90 Å². The Labute approximate surface area is 122 Å². The van der Waals surface area contributed by atoms with E-state index in [1.165, 1.54) is 19.3 Å². The van der Waals surface area contributed by atoms with Crippen LogP contribution in [0.5, 0.6) is 0 Å². The van der Waals surface area contributed by atoms with Crippen LogP contribution < -0.4 is 5.73 Å². The Balaban J connectivity index is 2.03. The van der Waals surface area contributed by atoms with Gasteiger partial charge in [-0.15, -0.1) is 0 Å². The third-order valence-corrected chi connectivity index (χ3v) is 4.08. The minimum absolute atomic E-state index is 0.247. The van der Waals surface area contributed by atoms with Crippen molar-refractivity contribution in [1.29, 1.82) is 0 Å². The summed E-state index contributed by atoms with van der Waals surface area (Å²) >= 11 is 0. The van der Waals surface area contributed by atoms with Crippen LogP contribution in [0.15, 0.2) is 24.3 Å². The van der Waals surface area contributed by atoms with Crippen LogP contribution in [-0.2, 0) is 11.3 Å². The molecular formula is C17H26N2O. The SMILES string of the molecule is CCCN(Cc1cccc(N)c1)C(=O)C1CCCCC1. The van der Waals surface area contributed by atoms with E-state index in [9.17, 15) is 4.79 Å². The highest BCUT2D eigenvalue weighted by atomic mass is 16.2. The number of benzene rings is 1. The Morgan fingerprint density at radius 2 is 2.05 bits per heavy atom. The molecule has 3 nitrogen and oxygen atoms in total. The van der Waals surface area contributed by atoms with Crippen LogP contribution >= 0.6 is 0 Å². The summed E-state index contributed by atoms with van der Waals surface area (Å²) in [7, 11) is 0. The van der Waals surface area contributed by atoms with E-state index in [1.54, 1.807) is 0 Å². The predicted octanol–water partition coefficient (Wildman–Crippen LogP) is 3.59. The van der Waals surface area contributed by atoms with Gasteiger partial charge in [0.1, 0.15) is 0 Å². The molecular weight excluding hydrogens is 248 g/mol. The van der Waals surface area contributed by atoms with Crippen LogP contribution in [0.2, 0.25) is 0 Å². The number of hydrogen-bond acceptors (Lipinski definition) is 2. The van der Waals surface area contributed by atoms with E-state index in [0.717, 1.165) is 37.1 Å². The number of rotatable bonds is 5. The molecule has 20 heavy (non-hydrogen) atoms. The van der Waals surface area contributed by atoms with Gasteiger partial charge < -0.3 is 10.6 Å². The lowest BCUT2D eigenvalue weighted by molar-refractivity contribution is -0.137. The second-order valence-electron chi connectivity index (χ2n) is 5.84. The molecule has 110 valence electrons. The van der Waals surface area contributed by atoms with Gasteiger partial charge in [0, 0.05) is 24.7 Å². The zero-order valence-corrected chi connectivity index (χ0v) is 12.5. The van der Waals surface area contributed by atoms with Gasteiger partial charge in [0.25, 0.3) is 0 Å². The topological polar surface area (TPSA) is 46.3 Å². The first-order chi connectivity index (χ1) is 9.70. The molecule has 0 spiro atoms. The van der Waals surface area contributed by atoms with E-state index in [2.05, 4.69) is 6.92 Å². The standard InChI is InChI=1S/C17H26N2O/c1-2-11-19(13-14-7-6-10-16(18)12-14)17(20)15-8-4-3-5-9-15/h6-7,10,12,15H,2-5,8-9,11,13,18H2,1H3. The lowest BCUT2D eigenvalue weighted by Gasteiger charge is -2.29. The highest BCUT2D eigenvalue weighted by molar-refractivity contribution is 5.79. The number of carbonyl (C=O) groups is 1. The average Bonchev–Trinajstić information content (AvgIpc) is 2.47. The van der Waals surface area contributed by atoms with Crippen molar-refractivity contribution in [2.45, 2.75) is 52.0 Å². The number of hydrogen-bond donors (Lipinski definition) is 1. The van der Waals surface area contributed by atoms with Crippen LogP contribution in [0.3, 0.4) is 0 Å². The average molecular weight is 274 g/mol. The smallest absolute Gasteiger partial charge is 0.225 e. The summed E-state index contributed by atoms with van der Waals surface area (Å²) in [6.07, 6.45) is 6.82. The molecule has 0 bridgehead atoms. The molecule has 0 radical (unpaired) electrons. The van der Waals surface area contributed by atoms with Gasteiger partial charge in [-0.25, -0.2) is 0 Å². The Bertz CT molecular complexity index is 438. The molecule has 1 amide bonds. The van der Waals surface area contributed by atoms with Crippen molar-refractivity contribution in [3.8, 4) is 0 Å². The maximum atomic E-state index is 12.7. The fourth-order valence-electron chi connectivity index (χ4n) is 3.06. The van der Waals surface area contributed by atoms with E-state index in [0.29, 0.717) is 12.5 Å². The van der Waals surface area contributed by atoms with Crippen LogP contribution in [0.4, 0.5) is 5.69 Å². The molecule has 0 atom stereocenters. The molecule has 1 saturated carbocycles. The fraction of sp³-hybridized carbons (Fsp3) is 0.588. The molecule has 1 fully saturated rings. The normalized spacial score (nSPS) is 16.1. The Kier molecular flexibility index (Phi) is 5.45. The first-order valence-corrected chi connectivity index (χ1v) is 7.84. The molecule has 1 aromatic carbocycles. The van der Waals surface area contributed by atoms with Crippen molar-refractivity contribution in [3.05, 3.63) is 29.8 Å². The summed E-state index contributed by atoms with van der Waals surface area (Å²) in [5, 5.41) is 0. The fourth-order valence-corrected chi connectivity index (χ4v) is 3.06. The van der Waals surface area contributed by atoms with Crippen LogP contribution in [0, 0.1) is 5.92 Å². The van der Waals surface area contributed by atoms with Crippen LogP contribution in [-0.4, -0.2) is 17.4 Å². The van der Waals surface area contributed by atoms with E-state index in [4.69, 9.17) is 5.73 Å². The second-order valence-corrected chi connectivity index (χ2v) is 5.84. The summed E-state index contributed by atoms with van der Waals surface area (Å²) in [6.45, 7) is 3.65. The van der Waals surface area contributed by atoms with Gasteiger partial charge in [0.2, 0.25) is 5.91 Å².